The molecule has 0 unspecified atom stereocenters. The van der Waals surface area contributed by atoms with Gasteiger partial charge in [0.15, 0.2) is 0 Å². The summed E-state index contributed by atoms with van der Waals surface area (Å²) in [5.41, 5.74) is 8.23. The molecule has 0 aliphatic heterocycles. The Balaban J connectivity index is 2.38. The average molecular weight is 310 g/mol. The van der Waals surface area contributed by atoms with Crippen molar-refractivity contribution in [1.82, 2.24) is 4.90 Å². The monoisotopic (exact) mass is 310 g/mol. The second-order valence-electron chi connectivity index (χ2n) is 5.32. The largest absolute Gasteiger partial charge is 0.492 e. The van der Waals surface area contributed by atoms with Crippen LogP contribution >= 0.6 is 11.8 Å². The molecule has 1 amide bonds. The molecule has 21 heavy (non-hydrogen) atoms. The molecular weight excluding hydrogens is 284 g/mol. The lowest BCUT2D eigenvalue weighted by atomic mass is 10.1. The number of thioether (sulfide) groups is 1. The summed E-state index contributed by atoms with van der Waals surface area (Å²) in [6, 6.07) is 5.69. The van der Waals surface area contributed by atoms with Crippen LogP contribution in [0.5, 0.6) is 5.75 Å². The van der Waals surface area contributed by atoms with Crippen LogP contribution in [0.1, 0.15) is 17.5 Å². The van der Waals surface area contributed by atoms with E-state index in [1.807, 2.05) is 32.2 Å². The summed E-state index contributed by atoms with van der Waals surface area (Å²) in [4.78, 5) is 13.7. The Labute approximate surface area is 132 Å². The van der Waals surface area contributed by atoms with Crippen molar-refractivity contribution in [3.8, 4) is 5.75 Å². The van der Waals surface area contributed by atoms with Crippen LogP contribution in [-0.2, 0) is 4.79 Å². The number of rotatable bonds is 8. The van der Waals surface area contributed by atoms with Crippen LogP contribution in [0.15, 0.2) is 18.2 Å². The van der Waals surface area contributed by atoms with Gasteiger partial charge in [0, 0.05) is 7.05 Å². The Morgan fingerprint density at radius 2 is 1.95 bits per heavy atom. The molecule has 4 nitrogen and oxygen atoms in total. The summed E-state index contributed by atoms with van der Waals surface area (Å²) >= 11 is 1.70. The number of carbonyl (C=O) groups excluding carboxylic acids is 1. The second kappa shape index (κ2) is 8.95. The predicted molar refractivity (Wildman–Crippen MR) is 90.0 cm³/mol. The first-order valence-corrected chi connectivity index (χ1v) is 8.54. The third-order valence-corrected chi connectivity index (χ3v) is 3.86. The average Bonchev–Trinajstić information content (AvgIpc) is 2.42. The summed E-state index contributed by atoms with van der Waals surface area (Å²) in [6.07, 6.45) is 2.72. The van der Waals surface area contributed by atoms with E-state index in [1.54, 1.807) is 23.7 Å². The van der Waals surface area contributed by atoms with Crippen LogP contribution in [0.2, 0.25) is 0 Å². The molecule has 0 heterocycles. The van der Waals surface area contributed by atoms with Crippen molar-refractivity contribution in [2.75, 3.05) is 32.2 Å². The molecule has 0 bridgehead atoms. The van der Waals surface area contributed by atoms with E-state index in [0.29, 0.717) is 19.6 Å². The third-order valence-electron chi connectivity index (χ3n) is 3.22. The minimum Gasteiger partial charge on any atom is -0.492 e. The molecular formula is C16H26N2O2S. The summed E-state index contributed by atoms with van der Waals surface area (Å²) in [5.74, 6) is 1.73. The van der Waals surface area contributed by atoms with Crippen LogP contribution in [0.25, 0.3) is 0 Å². The highest BCUT2D eigenvalue weighted by Crippen LogP contribution is 2.16. The van der Waals surface area contributed by atoms with Gasteiger partial charge in [-0.3, -0.25) is 4.79 Å². The summed E-state index contributed by atoms with van der Waals surface area (Å²) in [7, 11) is 1.77. The molecule has 0 aliphatic rings. The molecule has 0 radical (unpaired) electrons. The maximum absolute atomic E-state index is 12.0. The summed E-state index contributed by atoms with van der Waals surface area (Å²) in [5, 5.41) is 0. The van der Waals surface area contributed by atoms with Gasteiger partial charge in [0.2, 0.25) is 5.91 Å². The fourth-order valence-corrected chi connectivity index (χ4v) is 2.57. The van der Waals surface area contributed by atoms with Gasteiger partial charge in [0.05, 0.1) is 12.6 Å². The number of hydrogen-bond acceptors (Lipinski definition) is 4. The first kappa shape index (κ1) is 17.9. The second-order valence-corrected chi connectivity index (χ2v) is 6.31. The van der Waals surface area contributed by atoms with Crippen molar-refractivity contribution in [2.45, 2.75) is 26.3 Å². The van der Waals surface area contributed by atoms with Crippen molar-refractivity contribution in [3.05, 3.63) is 29.3 Å². The minimum atomic E-state index is -0.413. The lowest BCUT2D eigenvalue weighted by Crippen LogP contribution is -2.43. The van der Waals surface area contributed by atoms with E-state index in [-0.39, 0.29) is 5.91 Å². The number of ether oxygens (including phenoxy) is 1. The zero-order valence-electron chi connectivity index (χ0n) is 13.4. The van der Waals surface area contributed by atoms with E-state index in [4.69, 9.17) is 10.5 Å². The molecule has 1 aromatic rings. The zero-order valence-corrected chi connectivity index (χ0v) is 14.2. The lowest BCUT2D eigenvalue weighted by molar-refractivity contribution is -0.131. The number of likely N-dealkylation sites (N-methyl/N-ethyl adjacent to an activating group) is 1. The number of benzene rings is 1. The maximum atomic E-state index is 12.0. The van der Waals surface area contributed by atoms with Crippen LogP contribution < -0.4 is 10.5 Å². The quantitative estimate of drug-likeness (QED) is 0.800. The fraction of sp³-hybridized carbons (Fsp3) is 0.562. The van der Waals surface area contributed by atoms with Crippen molar-refractivity contribution in [1.29, 1.82) is 0 Å². The topological polar surface area (TPSA) is 55.6 Å². The maximum Gasteiger partial charge on any atom is 0.239 e. The Morgan fingerprint density at radius 1 is 1.33 bits per heavy atom. The molecule has 0 saturated heterocycles. The Bertz CT molecular complexity index is 445. The third kappa shape index (κ3) is 6.40. The SMILES string of the molecule is CSCC[C@H](N)C(=O)N(C)CCOc1cc(C)cc(C)c1. The molecule has 1 atom stereocenters. The van der Waals surface area contributed by atoms with Crippen molar-refractivity contribution < 1.29 is 9.53 Å². The van der Waals surface area contributed by atoms with Gasteiger partial charge in [-0.2, -0.15) is 11.8 Å². The van der Waals surface area contributed by atoms with Crippen LogP contribution in [-0.4, -0.2) is 49.1 Å². The van der Waals surface area contributed by atoms with Crippen LogP contribution in [0, 0.1) is 13.8 Å². The fourth-order valence-electron chi connectivity index (χ4n) is 2.08. The molecule has 0 fully saturated rings. The minimum absolute atomic E-state index is 0.0203. The molecule has 5 heteroatoms. The number of nitrogens with zero attached hydrogens (tertiary/aromatic N) is 1. The van der Waals surface area contributed by atoms with Crippen LogP contribution in [0.3, 0.4) is 0 Å². The highest BCUT2D eigenvalue weighted by atomic mass is 32.2. The molecule has 1 rings (SSSR count). The highest BCUT2D eigenvalue weighted by molar-refractivity contribution is 7.98. The first-order valence-electron chi connectivity index (χ1n) is 7.14. The lowest BCUT2D eigenvalue weighted by Gasteiger charge is -2.21. The van der Waals surface area contributed by atoms with Crippen molar-refractivity contribution in [3.63, 3.8) is 0 Å². The first-order chi connectivity index (χ1) is 9.93. The molecule has 0 spiro atoms. The number of nitrogens with two attached hydrogens (primary N) is 1. The number of hydrogen-bond donors (Lipinski definition) is 1. The predicted octanol–water partition coefficient (Wildman–Crippen LogP) is 2.22. The standard InChI is InChI=1S/C16H26N2O2S/c1-12-9-13(2)11-14(10-12)20-7-6-18(3)16(19)15(17)5-8-21-4/h9-11,15H,5-8,17H2,1-4H3/t15-/m0/s1. The molecule has 118 valence electrons. The van der Waals surface area contributed by atoms with Crippen LogP contribution in [0.4, 0.5) is 0 Å². The number of aryl methyl sites for hydroxylation is 2. The highest BCUT2D eigenvalue weighted by Gasteiger charge is 2.17. The Morgan fingerprint density at radius 3 is 2.52 bits per heavy atom. The Hall–Kier alpha value is -1.20. The van der Waals surface area contributed by atoms with E-state index in [9.17, 15) is 4.79 Å². The molecule has 0 saturated carbocycles. The number of amides is 1. The van der Waals surface area contributed by atoms with Gasteiger partial charge in [-0.1, -0.05) is 6.07 Å². The van der Waals surface area contributed by atoms with Gasteiger partial charge >= 0.3 is 0 Å². The van der Waals surface area contributed by atoms with Gasteiger partial charge in [0.25, 0.3) is 0 Å². The Kier molecular flexibility index (Phi) is 7.61. The zero-order chi connectivity index (χ0) is 15.8. The molecule has 1 aromatic carbocycles. The van der Waals surface area contributed by atoms with E-state index in [0.717, 1.165) is 11.5 Å². The summed E-state index contributed by atoms with van der Waals surface area (Å²) < 4.78 is 5.71. The smallest absolute Gasteiger partial charge is 0.239 e. The van der Waals surface area contributed by atoms with Gasteiger partial charge in [-0.05, 0) is 55.5 Å². The van der Waals surface area contributed by atoms with Crippen molar-refractivity contribution >= 4 is 17.7 Å². The molecule has 0 aliphatic carbocycles. The van der Waals surface area contributed by atoms with Gasteiger partial charge in [-0.15, -0.1) is 0 Å². The van der Waals surface area contributed by atoms with Gasteiger partial charge in [-0.25, -0.2) is 0 Å². The van der Waals surface area contributed by atoms with E-state index >= 15 is 0 Å². The number of carbonyl (C=O) groups is 1. The van der Waals surface area contributed by atoms with E-state index in [2.05, 4.69) is 6.07 Å². The molecule has 0 aromatic heterocycles. The van der Waals surface area contributed by atoms with E-state index in [1.165, 1.54) is 11.1 Å². The normalized spacial score (nSPS) is 12.0. The van der Waals surface area contributed by atoms with Crippen molar-refractivity contribution in [2.24, 2.45) is 5.73 Å². The van der Waals surface area contributed by atoms with Gasteiger partial charge < -0.3 is 15.4 Å². The van der Waals surface area contributed by atoms with Gasteiger partial charge in [0.1, 0.15) is 12.4 Å². The summed E-state index contributed by atoms with van der Waals surface area (Å²) in [6.45, 7) is 5.10. The molecule has 2 N–H and O–H groups in total. The van der Waals surface area contributed by atoms with E-state index < -0.39 is 6.04 Å².